The monoisotopic (exact) mass is 416 g/mol. The van der Waals surface area contributed by atoms with Crippen molar-refractivity contribution in [3.05, 3.63) is 72.2 Å². The van der Waals surface area contributed by atoms with Crippen LogP contribution in [0.5, 0.6) is 5.75 Å². The number of nitrogens with zero attached hydrogens (tertiary/aromatic N) is 2. The highest BCUT2D eigenvalue weighted by atomic mass is 16.5. The summed E-state index contributed by atoms with van der Waals surface area (Å²) < 4.78 is 12.4. The number of hydrogen-bond acceptors (Lipinski definition) is 4. The van der Waals surface area contributed by atoms with Crippen molar-refractivity contribution in [2.24, 2.45) is 4.99 Å². The first kappa shape index (κ1) is 19.7. The van der Waals surface area contributed by atoms with Gasteiger partial charge in [-0.05, 0) is 31.7 Å². The number of nitrogens with one attached hydrogen (secondary N) is 2. The molecule has 2 heterocycles. The molecule has 5 rings (SSSR count). The number of aliphatic imine (C=N–C) groups is 1. The largest absolute Gasteiger partial charge is 0.487 e. The van der Waals surface area contributed by atoms with Gasteiger partial charge >= 0.3 is 0 Å². The predicted molar refractivity (Wildman–Crippen MR) is 121 cm³/mol. The number of ether oxygens (including phenoxy) is 1. The zero-order valence-corrected chi connectivity index (χ0v) is 17.8. The number of guanidine groups is 1. The Hall–Kier alpha value is -3.28. The van der Waals surface area contributed by atoms with E-state index in [1.165, 1.54) is 18.4 Å². The van der Waals surface area contributed by atoms with Crippen molar-refractivity contribution in [3.63, 3.8) is 0 Å². The maximum absolute atomic E-state index is 6.47. The van der Waals surface area contributed by atoms with Crippen LogP contribution in [0.15, 0.2) is 70.2 Å². The minimum atomic E-state index is -0.0575. The number of aromatic nitrogens is 1. The maximum Gasteiger partial charge on any atom is 0.214 e. The number of hydrogen-bond donors (Lipinski definition) is 2. The molecule has 6 heteroatoms. The van der Waals surface area contributed by atoms with E-state index in [1.54, 1.807) is 13.2 Å². The van der Waals surface area contributed by atoms with Crippen molar-refractivity contribution in [2.45, 2.75) is 50.3 Å². The summed E-state index contributed by atoms with van der Waals surface area (Å²) in [5.74, 6) is 3.11. The lowest BCUT2D eigenvalue weighted by molar-refractivity contribution is 0.0396. The van der Waals surface area contributed by atoms with Crippen molar-refractivity contribution < 1.29 is 9.15 Å². The summed E-state index contributed by atoms with van der Waals surface area (Å²) in [6.45, 7) is 0.461. The molecule has 0 amide bonds. The van der Waals surface area contributed by atoms with E-state index >= 15 is 0 Å². The molecule has 6 nitrogen and oxygen atoms in total. The molecule has 160 valence electrons. The highest BCUT2D eigenvalue weighted by Crippen LogP contribution is 2.46. The van der Waals surface area contributed by atoms with Gasteiger partial charge in [-0.3, -0.25) is 4.99 Å². The minimum absolute atomic E-state index is 0.0575. The summed E-state index contributed by atoms with van der Waals surface area (Å²) in [6, 6.07) is 18.5. The van der Waals surface area contributed by atoms with Gasteiger partial charge in [-0.25, -0.2) is 4.98 Å². The molecular weight excluding hydrogens is 388 g/mol. The number of para-hydroxylation sites is 1. The molecule has 31 heavy (non-hydrogen) atoms. The first-order valence-electron chi connectivity index (χ1n) is 11.0. The summed E-state index contributed by atoms with van der Waals surface area (Å²) in [4.78, 5) is 8.84. The fraction of sp³-hybridized carbons (Fsp3) is 0.360. The molecule has 1 aliphatic heterocycles. The van der Waals surface area contributed by atoms with Gasteiger partial charge in [0.15, 0.2) is 11.7 Å². The summed E-state index contributed by atoms with van der Waals surface area (Å²) in [5.41, 5.74) is 2.15. The summed E-state index contributed by atoms with van der Waals surface area (Å²) >= 11 is 0. The molecule has 0 saturated heterocycles. The molecule has 0 bridgehead atoms. The second-order valence-electron chi connectivity index (χ2n) is 8.34. The van der Waals surface area contributed by atoms with Crippen LogP contribution < -0.4 is 15.4 Å². The Morgan fingerprint density at radius 2 is 1.87 bits per heavy atom. The van der Waals surface area contributed by atoms with Gasteiger partial charge in [-0.15, -0.1) is 0 Å². The molecule has 1 aliphatic carbocycles. The van der Waals surface area contributed by atoms with Crippen LogP contribution >= 0.6 is 0 Å². The van der Waals surface area contributed by atoms with Crippen LogP contribution in [0.1, 0.15) is 49.6 Å². The lowest BCUT2D eigenvalue weighted by atomic mass is 9.86. The van der Waals surface area contributed by atoms with Gasteiger partial charge in [0.2, 0.25) is 5.89 Å². The zero-order valence-electron chi connectivity index (χ0n) is 17.8. The molecule has 1 spiro atoms. The molecule has 1 fully saturated rings. The third-order valence-corrected chi connectivity index (χ3v) is 6.27. The number of benzene rings is 2. The van der Waals surface area contributed by atoms with Crippen LogP contribution in [0.3, 0.4) is 0 Å². The average molecular weight is 417 g/mol. The fourth-order valence-electron chi connectivity index (χ4n) is 4.72. The summed E-state index contributed by atoms with van der Waals surface area (Å²) in [6.07, 6.45) is 7.41. The van der Waals surface area contributed by atoms with E-state index in [-0.39, 0.29) is 11.6 Å². The highest BCUT2D eigenvalue weighted by molar-refractivity contribution is 5.80. The van der Waals surface area contributed by atoms with Gasteiger partial charge in [0.25, 0.3) is 0 Å². The van der Waals surface area contributed by atoms with Crippen molar-refractivity contribution in [2.75, 3.05) is 7.05 Å². The average Bonchev–Trinajstić information content (AvgIpc) is 3.47. The van der Waals surface area contributed by atoms with Crippen LogP contribution in [0.25, 0.3) is 11.3 Å². The third-order valence-electron chi connectivity index (χ3n) is 6.27. The Labute approximate surface area is 182 Å². The lowest BCUT2D eigenvalue weighted by Crippen LogP contribution is -2.46. The quantitative estimate of drug-likeness (QED) is 0.470. The topological polar surface area (TPSA) is 71.7 Å². The van der Waals surface area contributed by atoms with Gasteiger partial charge in [0.1, 0.15) is 11.4 Å². The molecule has 1 aromatic heterocycles. The van der Waals surface area contributed by atoms with Crippen LogP contribution in [0.4, 0.5) is 0 Å². The standard InChI is InChI=1S/C25H28N4O2/c1-26-24(28-17-23-27-16-22(30-23)18-9-3-2-4-10-18)29-20-15-25(13-7-8-14-25)31-21-12-6-5-11-19(20)21/h2-6,9-12,16,20H,7-8,13-15,17H2,1H3,(H2,26,28,29). The smallest absolute Gasteiger partial charge is 0.214 e. The second-order valence-corrected chi connectivity index (χ2v) is 8.34. The van der Waals surface area contributed by atoms with E-state index in [0.29, 0.717) is 12.4 Å². The Kier molecular flexibility index (Phi) is 5.37. The van der Waals surface area contributed by atoms with Crippen molar-refractivity contribution in [3.8, 4) is 17.1 Å². The van der Waals surface area contributed by atoms with E-state index in [2.05, 4.69) is 38.8 Å². The molecule has 1 atom stereocenters. The summed E-state index contributed by atoms with van der Waals surface area (Å²) in [5, 5.41) is 6.96. The number of rotatable bonds is 4. The first-order chi connectivity index (χ1) is 15.2. The zero-order chi connectivity index (χ0) is 21.1. The van der Waals surface area contributed by atoms with E-state index in [9.17, 15) is 0 Å². The molecule has 3 aromatic rings. The Morgan fingerprint density at radius 1 is 1.10 bits per heavy atom. The molecular formula is C25H28N4O2. The normalized spacial score (nSPS) is 19.6. The molecule has 2 N–H and O–H groups in total. The fourth-order valence-corrected chi connectivity index (χ4v) is 4.72. The number of oxazole rings is 1. The van der Waals surface area contributed by atoms with Crippen LogP contribution in [-0.4, -0.2) is 23.6 Å². The lowest BCUT2D eigenvalue weighted by Gasteiger charge is -2.40. The summed E-state index contributed by atoms with van der Waals surface area (Å²) in [7, 11) is 1.79. The van der Waals surface area contributed by atoms with E-state index in [1.807, 2.05) is 36.4 Å². The molecule has 1 unspecified atom stereocenters. The Bertz CT molecular complexity index is 1050. The van der Waals surface area contributed by atoms with Crippen molar-refractivity contribution in [1.29, 1.82) is 0 Å². The molecule has 0 radical (unpaired) electrons. The van der Waals surface area contributed by atoms with Crippen molar-refractivity contribution in [1.82, 2.24) is 15.6 Å². The first-order valence-corrected chi connectivity index (χ1v) is 11.0. The van der Waals surface area contributed by atoms with Crippen LogP contribution in [0, 0.1) is 0 Å². The van der Waals surface area contributed by atoms with Gasteiger partial charge < -0.3 is 19.8 Å². The maximum atomic E-state index is 6.47. The van der Waals surface area contributed by atoms with Crippen LogP contribution in [0.2, 0.25) is 0 Å². The Morgan fingerprint density at radius 3 is 2.68 bits per heavy atom. The molecule has 2 aliphatic rings. The van der Waals surface area contributed by atoms with E-state index < -0.39 is 0 Å². The van der Waals surface area contributed by atoms with Gasteiger partial charge in [0, 0.05) is 24.6 Å². The van der Waals surface area contributed by atoms with Gasteiger partial charge in [-0.1, -0.05) is 48.5 Å². The predicted octanol–water partition coefficient (Wildman–Crippen LogP) is 4.84. The molecule has 1 saturated carbocycles. The van der Waals surface area contributed by atoms with Gasteiger partial charge in [0.05, 0.1) is 18.8 Å². The SMILES string of the molecule is CN=C(NCc1ncc(-c2ccccc2)o1)NC1CC2(CCCC2)Oc2ccccc21. The van der Waals surface area contributed by atoms with E-state index in [0.717, 1.165) is 42.3 Å². The number of fused-ring (bicyclic) bond motifs is 1. The Balaban J connectivity index is 1.27. The second kappa shape index (κ2) is 8.46. The highest BCUT2D eigenvalue weighted by Gasteiger charge is 2.43. The van der Waals surface area contributed by atoms with Crippen molar-refractivity contribution >= 4 is 5.96 Å². The van der Waals surface area contributed by atoms with Crippen LogP contribution in [-0.2, 0) is 6.54 Å². The molecule has 2 aromatic carbocycles. The van der Waals surface area contributed by atoms with E-state index in [4.69, 9.17) is 9.15 Å². The minimum Gasteiger partial charge on any atom is -0.487 e. The van der Waals surface area contributed by atoms with Gasteiger partial charge in [-0.2, -0.15) is 0 Å². The third kappa shape index (κ3) is 4.15.